The molecule has 0 bridgehead atoms. The van der Waals surface area contributed by atoms with Crippen LogP contribution in [-0.2, 0) is 10.0 Å². The van der Waals surface area contributed by atoms with Crippen molar-refractivity contribution in [1.82, 2.24) is 9.71 Å². The number of aromatic nitrogens is 1. The molecule has 0 fully saturated rings. The third kappa shape index (κ3) is 4.67. The molecule has 1 aromatic rings. The summed E-state index contributed by atoms with van der Waals surface area (Å²) >= 11 is 0. The minimum Gasteiger partial charge on any atom is -0.478 e. The van der Waals surface area contributed by atoms with Gasteiger partial charge in [-0.05, 0) is 19.9 Å². The van der Waals surface area contributed by atoms with Crippen molar-refractivity contribution in [2.24, 2.45) is 0 Å². The van der Waals surface area contributed by atoms with Crippen molar-refractivity contribution in [2.45, 2.75) is 19.4 Å². The Balaban J connectivity index is 2.85. The fourth-order valence-corrected chi connectivity index (χ4v) is 2.72. The van der Waals surface area contributed by atoms with Gasteiger partial charge < -0.3 is 16.2 Å². The van der Waals surface area contributed by atoms with E-state index in [-0.39, 0.29) is 23.6 Å². The predicted molar refractivity (Wildman–Crippen MR) is 76.2 cm³/mol. The highest BCUT2D eigenvalue weighted by Gasteiger charge is 2.23. The van der Waals surface area contributed by atoms with Crippen LogP contribution < -0.4 is 15.8 Å². The topological polar surface area (TPSA) is 134 Å². The molecule has 9 heteroatoms. The average Bonchev–Trinajstić information content (AvgIpc) is 2.24. The smallest absolute Gasteiger partial charge is 0.337 e. The standard InChI is InChI=1S/C11H18N4O4S/c1-11(2,15-20(3,18)19)6-14-9-8(12)7(10(16)17)4-5-13-9/h4-5,15H,6,12H2,1-3H3,(H,13,14)(H,16,17). The number of aromatic carboxylic acids is 1. The minimum absolute atomic E-state index is 0.00940. The van der Waals surface area contributed by atoms with Gasteiger partial charge in [0.1, 0.15) is 5.82 Å². The number of pyridine rings is 1. The summed E-state index contributed by atoms with van der Waals surface area (Å²) in [5.74, 6) is -0.949. The Kier molecular flexibility index (Phi) is 4.56. The van der Waals surface area contributed by atoms with E-state index in [1.54, 1.807) is 13.8 Å². The normalized spacial score (nSPS) is 12.2. The van der Waals surface area contributed by atoms with Gasteiger partial charge in [-0.15, -0.1) is 0 Å². The molecule has 1 aromatic heterocycles. The molecule has 0 aliphatic carbocycles. The summed E-state index contributed by atoms with van der Waals surface area (Å²) in [5.41, 5.74) is 4.87. The van der Waals surface area contributed by atoms with Gasteiger partial charge in [-0.2, -0.15) is 0 Å². The second-order valence-electron chi connectivity index (χ2n) is 5.04. The number of rotatable bonds is 6. The van der Waals surface area contributed by atoms with Crippen LogP contribution in [0.5, 0.6) is 0 Å². The third-order valence-corrected chi connectivity index (χ3v) is 3.30. The second kappa shape index (κ2) is 5.63. The number of anilines is 2. The van der Waals surface area contributed by atoms with Crippen molar-refractivity contribution in [3.8, 4) is 0 Å². The molecule has 0 aliphatic heterocycles. The number of sulfonamides is 1. The lowest BCUT2D eigenvalue weighted by molar-refractivity contribution is 0.0698. The summed E-state index contributed by atoms with van der Waals surface area (Å²) in [6, 6.07) is 1.29. The first kappa shape index (κ1) is 16.2. The molecule has 1 heterocycles. The largest absolute Gasteiger partial charge is 0.478 e. The van der Waals surface area contributed by atoms with E-state index in [1.807, 2.05) is 0 Å². The molecule has 0 saturated carbocycles. The van der Waals surface area contributed by atoms with E-state index >= 15 is 0 Å². The zero-order valence-electron chi connectivity index (χ0n) is 11.5. The molecular weight excluding hydrogens is 284 g/mol. The van der Waals surface area contributed by atoms with Gasteiger partial charge in [0.05, 0.1) is 17.5 Å². The number of nitrogens with two attached hydrogens (primary N) is 1. The number of carboxylic acid groups (broad SMARTS) is 1. The van der Waals surface area contributed by atoms with Crippen molar-refractivity contribution < 1.29 is 18.3 Å². The molecule has 5 N–H and O–H groups in total. The lowest BCUT2D eigenvalue weighted by atomic mass is 10.1. The van der Waals surface area contributed by atoms with Gasteiger partial charge in [-0.3, -0.25) is 0 Å². The van der Waals surface area contributed by atoms with Crippen LogP contribution in [0, 0.1) is 0 Å². The first-order valence-electron chi connectivity index (χ1n) is 5.72. The van der Waals surface area contributed by atoms with Crippen molar-refractivity contribution in [2.75, 3.05) is 23.9 Å². The summed E-state index contributed by atoms with van der Waals surface area (Å²) < 4.78 is 24.9. The van der Waals surface area contributed by atoms with E-state index in [0.717, 1.165) is 6.26 Å². The Bertz CT molecular complexity index is 613. The van der Waals surface area contributed by atoms with Gasteiger partial charge in [-0.25, -0.2) is 22.9 Å². The molecule has 112 valence electrons. The van der Waals surface area contributed by atoms with Crippen LogP contribution in [0.4, 0.5) is 11.5 Å². The van der Waals surface area contributed by atoms with Crippen LogP contribution in [0.2, 0.25) is 0 Å². The molecule has 0 aromatic carbocycles. The van der Waals surface area contributed by atoms with Crippen LogP contribution in [-0.4, -0.2) is 42.8 Å². The van der Waals surface area contributed by atoms with Gasteiger partial charge >= 0.3 is 5.97 Å². The maximum Gasteiger partial charge on any atom is 0.337 e. The lowest BCUT2D eigenvalue weighted by Gasteiger charge is -2.25. The Hall–Kier alpha value is -1.87. The van der Waals surface area contributed by atoms with Crippen molar-refractivity contribution in [1.29, 1.82) is 0 Å². The number of nitrogens with zero attached hydrogens (tertiary/aromatic N) is 1. The summed E-state index contributed by atoms with van der Waals surface area (Å²) in [4.78, 5) is 14.9. The molecule has 0 aliphatic rings. The van der Waals surface area contributed by atoms with Gasteiger partial charge in [0.15, 0.2) is 0 Å². The highest BCUT2D eigenvalue weighted by atomic mass is 32.2. The number of carboxylic acids is 1. The van der Waals surface area contributed by atoms with E-state index < -0.39 is 21.5 Å². The molecule has 0 saturated heterocycles. The monoisotopic (exact) mass is 302 g/mol. The zero-order valence-corrected chi connectivity index (χ0v) is 12.3. The number of hydrogen-bond donors (Lipinski definition) is 4. The number of carbonyl (C=O) groups is 1. The first-order valence-corrected chi connectivity index (χ1v) is 7.61. The Labute approximate surface area is 117 Å². The van der Waals surface area contributed by atoms with E-state index in [2.05, 4.69) is 15.0 Å². The van der Waals surface area contributed by atoms with Crippen LogP contribution in [0.3, 0.4) is 0 Å². The third-order valence-electron chi connectivity index (χ3n) is 2.38. The highest BCUT2D eigenvalue weighted by Crippen LogP contribution is 2.20. The minimum atomic E-state index is -3.35. The number of nitrogens with one attached hydrogen (secondary N) is 2. The summed E-state index contributed by atoms with van der Waals surface area (Å²) in [7, 11) is -3.35. The molecule has 20 heavy (non-hydrogen) atoms. The molecule has 0 amide bonds. The van der Waals surface area contributed by atoms with Gasteiger partial charge in [0.25, 0.3) is 0 Å². The molecule has 0 unspecified atom stereocenters. The van der Waals surface area contributed by atoms with Gasteiger partial charge in [0, 0.05) is 18.3 Å². The number of nitrogen functional groups attached to an aromatic ring is 1. The molecule has 0 atom stereocenters. The van der Waals surface area contributed by atoms with Crippen molar-refractivity contribution in [3.63, 3.8) is 0 Å². The van der Waals surface area contributed by atoms with Crippen molar-refractivity contribution >= 4 is 27.5 Å². The van der Waals surface area contributed by atoms with Crippen LogP contribution in [0.15, 0.2) is 12.3 Å². The SMILES string of the molecule is CC(C)(CNc1nccc(C(=O)O)c1N)NS(C)(=O)=O. The van der Waals surface area contributed by atoms with Crippen molar-refractivity contribution in [3.05, 3.63) is 17.8 Å². The fourth-order valence-electron chi connectivity index (χ4n) is 1.64. The van der Waals surface area contributed by atoms with E-state index in [1.165, 1.54) is 12.3 Å². The van der Waals surface area contributed by atoms with E-state index in [9.17, 15) is 13.2 Å². The predicted octanol–water partition coefficient (Wildman–Crippen LogP) is 0.102. The Morgan fingerprint density at radius 2 is 2.10 bits per heavy atom. The molecule has 1 rings (SSSR count). The van der Waals surface area contributed by atoms with Gasteiger partial charge in [-0.1, -0.05) is 0 Å². The van der Waals surface area contributed by atoms with Gasteiger partial charge in [0.2, 0.25) is 10.0 Å². The molecule has 8 nitrogen and oxygen atoms in total. The molecular formula is C11H18N4O4S. The number of hydrogen-bond acceptors (Lipinski definition) is 6. The molecule has 0 spiro atoms. The lowest BCUT2D eigenvalue weighted by Crippen LogP contribution is -2.47. The summed E-state index contributed by atoms with van der Waals surface area (Å²) in [6.45, 7) is 3.55. The second-order valence-corrected chi connectivity index (χ2v) is 6.79. The maximum atomic E-state index is 11.2. The summed E-state index contributed by atoms with van der Waals surface area (Å²) in [5, 5.41) is 11.8. The Morgan fingerprint density at radius 3 is 2.60 bits per heavy atom. The maximum absolute atomic E-state index is 11.2. The first-order chi connectivity index (χ1) is 9.02. The van der Waals surface area contributed by atoms with Crippen LogP contribution >= 0.6 is 0 Å². The van der Waals surface area contributed by atoms with Crippen LogP contribution in [0.25, 0.3) is 0 Å². The average molecular weight is 302 g/mol. The quantitative estimate of drug-likeness (QED) is 0.585. The zero-order chi connectivity index (χ0) is 15.6. The molecule has 0 radical (unpaired) electrons. The summed E-state index contributed by atoms with van der Waals surface area (Å²) in [6.07, 6.45) is 2.38. The fraction of sp³-hybridized carbons (Fsp3) is 0.455. The van der Waals surface area contributed by atoms with E-state index in [0.29, 0.717) is 0 Å². The van der Waals surface area contributed by atoms with Crippen LogP contribution in [0.1, 0.15) is 24.2 Å². The van der Waals surface area contributed by atoms with E-state index in [4.69, 9.17) is 10.8 Å². The Morgan fingerprint density at radius 1 is 1.50 bits per heavy atom. The highest BCUT2D eigenvalue weighted by molar-refractivity contribution is 7.88.